The molecule has 1 aliphatic rings. The van der Waals surface area contributed by atoms with E-state index in [1.807, 2.05) is 0 Å². The average molecular weight is 373 g/mol. The van der Waals surface area contributed by atoms with Crippen molar-refractivity contribution < 1.29 is 24.8 Å². The Bertz CT molecular complexity index is 960. The van der Waals surface area contributed by atoms with E-state index in [2.05, 4.69) is 15.0 Å². The van der Waals surface area contributed by atoms with Gasteiger partial charge in [0.05, 0.1) is 13.7 Å². The summed E-state index contributed by atoms with van der Waals surface area (Å²) >= 11 is 0. The van der Waals surface area contributed by atoms with Gasteiger partial charge in [0.1, 0.15) is 36.2 Å². The highest BCUT2D eigenvalue weighted by molar-refractivity contribution is 5.85. The van der Waals surface area contributed by atoms with E-state index in [4.69, 9.17) is 15.2 Å². The number of hydrogen-bond donors (Lipinski definition) is 4. The minimum atomic E-state index is -1.28. The number of nitrogens with zero attached hydrogens (tertiary/aromatic N) is 4. The first-order chi connectivity index (χ1) is 13.0. The number of benzene rings is 1. The van der Waals surface area contributed by atoms with Crippen LogP contribution in [0.1, 0.15) is 6.23 Å². The molecule has 142 valence electrons. The third-order valence-corrected chi connectivity index (χ3v) is 4.63. The predicted octanol–water partition coefficient (Wildman–Crippen LogP) is -0.304. The molecule has 10 nitrogen and oxygen atoms in total. The number of rotatable bonds is 4. The highest BCUT2D eigenvalue weighted by Gasteiger charge is 2.45. The summed E-state index contributed by atoms with van der Waals surface area (Å²) in [5, 5.41) is 30.0. The number of aliphatic hydroxyl groups is 3. The largest absolute Gasteiger partial charge is 0.497 e. The molecular weight excluding hydrogens is 354 g/mol. The van der Waals surface area contributed by atoms with Crippen molar-refractivity contribution in [1.82, 2.24) is 19.5 Å². The van der Waals surface area contributed by atoms with Crippen LogP contribution in [0.5, 0.6) is 5.75 Å². The molecule has 5 N–H and O–H groups in total. The van der Waals surface area contributed by atoms with Crippen molar-refractivity contribution in [3.63, 3.8) is 0 Å². The molecule has 0 radical (unpaired) electrons. The van der Waals surface area contributed by atoms with Crippen molar-refractivity contribution in [3.8, 4) is 17.1 Å². The molecule has 0 spiro atoms. The SMILES string of the molecule is COc1ccc(-c2nc3c(N)ncnc3n2C2OC(CO)C(O)C2O)cc1. The van der Waals surface area contributed by atoms with Crippen LogP contribution in [0.2, 0.25) is 0 Å². The van der Waals surface area contributed by atoms with Crippen LogP contribution in [-0.4, -0.2) is 66.9 Å². The van der Waals surface area contributed by atoms with Gasteiger partial charge in [-0.05, 0) is 24.3 Å². The molecule has 10 heteroatoms. The topological polar surface area (TPSA) is 149 Å². The summed E-state index contributed by atoms with van der Waals surface area (Å²) in [6, 6.07) is 7.12. The number of nitrogens with two attached hydrogens (primary N) is 1. The quantitative estimate of drug-likeness (QED) is 0.483. The predicted molar refractivity (Wildman–Crippen MR) is 94.7 cm³/mol. The summed E-state index contributed by atoms with van der Waals surface area (Å²) in [5.74, 6) is 1.28. The van der Waals surface area contributed by atoms with Gasteiger partial charge in [0.15, 0.2) is 23.2 Å². The Morgan fingerprint density at radius 2 is 1.93 bits per heavy atom. The van der Waals surface area contributed by atoms with Crippen LogP contribution in [-0.2, 0) is 4.74 Å². The molecule has 4 atom stereocenters. The number of aromatic nitrogens is 4. The normalized spacial score (nSPS) is 25.2. The van der Waals surface area contributed by atoms with E-state index in [0.29, 0.717) is 28.3 Å². The zero-order valence-electron chi connectivity index (χ0n) is 14.4. The van der Waals surface area contributed by atoms with Gasteiger partial charge in [-0.1, -0.05) is 0 Å². The van der Waals surface area contributed by atoms with E-state index >= 15 is 0 Å². The van der Waals surface area contributed by atoms with Crippen LogP contribution in [0.15, 0.2) is 30.6 Å². The molecule has 1 saturated heterocycles. The second-order valence-electron chi connectivity index (χ2n) is 6.19. The van der Waals surface area contributed by atoms with E-state index < -0.39 is 31.1 Å². The number of imidazole rings is 1. The standard InChI is InChI=1S/C17H19N5O5/c1-26-9-4-2-8(3-5-9)15-21-11-14(18)19-7-20-16(11)22(15)17-13(25)12(24)10(6-23)27-17/h2-5,7,10,12-13,17,23-25H,6H2,1H3,(H2,18,19,20). The van der Waals surface area contributed by atoms with E-state index in [9.17, 15) is 15.3 Å². The molecule has 0 aliphatic carbocycles. The second-order valence-corrected chi connectivity index (χ2v) is 6.19. The highest BCUT2D eigenvalue weighted by atomic mass is 16.6. The Hall–Kier alpha value is -2.79. The van der Waals surface area contributed by atoms with Crippen LogP contribution < -0.4 is 10.5 Å². The summed E-state index contributed by atoms with van der Waals surface area (Å²) in [6.45, 7) is -0.434. The number of nitrogen functional groups attached to an aromatic ring is 1. The molecular formula is C17H19N5O5. The Morgan fingerprint density at radius 1 is 1.19 bits per heavy atom. The molecule has 4 rings (SSSR count). The molecule has 0 amide bonds. The van der Waals surface area contributed by atoms with Gasteiger partial charge in [-0.3, -0.25) is 4.57 Å². The minimum Gasteiger partial charge on any atom is -0.497 e. The summed E-state index contributed by atoms with van der Waals surface area (Å²) < 4.78 is 12.4. The second kappa shape index (κ2) is 6.74. The highest BCUT2D eigenvalue weighted by Crippen LogP contribution is 2.36. The molecule has 1 fully saturated rings. The maximum atomic E-state index is 10.5. The molecule has 1 aromatic carbocycles. The molecule has 0 bridgehead atoms. The molecule has 4 unspecified atom stereocenters. The van der Waals surface area contributed by atoms with Gasteiger partial charge in [0.2, 0.25) is 0 Å². The summed E-state index contributed by atoms with van der Waals surface area (Å²) in [6.07, 6.45) is -3.18. The van der Waals surface area contributed by atoms with Crippen molar-refractivity contribution in [2.75, 3.05) is 19.5 Å². The van der Waals surface area contributed by atoms with Gasteiger partial charge < -0.3 is 30.5 Å². The van der Waals surface area contributed by atoms with Gasteiger partial charge >= 0.3 is 0 Å². The number of methoxy groups -OCH3 is 1. The fraction of sp³-hybridized carbons (Fsp3) is 0.353. The number of fused-ring (bicyclic) bond motifs is 1. The number of aliphatic hydroxyl groups excluding tert-OH is 3. The summed E-state index contributed by atoms with van der Waals surface area (Å²) in [7, 11) is 1.57. The van der Waals surface area contributed by atoms with Gasteiger partial charge in [-0.15, -0.1) is 0 Å². The lowest BCUT2D eigenvalue weighted by atomic mass is 10.1. The minimum absolute atomic E-state index is 0.181. The Balaban J connectivity index is 1.91. The van der Waals surface area contributed by atoms with Crippen molar-refractivity contribution in [3.05, 3.63) is 30.6 Å². The van der Waals surface area contributed by atoms with Crippen molar-refractivity contribution in [2.45, 2.75) is 24.5 Å². The van der Waals surface area contributed by atoms with Crippen molar-refractivity contribution in [2.24, 2.45) is 0 Å². The lowest BCUT2D eigenvalue weighted by Crippen LogP contribution is -2.33. The Morgan fingerprint density at radius 3 is 2.56 bits per heavy atom. The first-order valence-electron chi connectivity index (χ1n) is 8.30. The zero-order chi connectivity index (χ0) is 19.1. The van der Waals surface area contributed by atoms with Gasteiger partial charge in [0.25, 0.3) is 0 Å². The average Bonchev–Trinajstić information content (AvgIpc) is 3.21. The third-order valence-electron chi connectivity index (χ3n) is 4.63. The van der Waals surface area contributed by atoms with Crippen LogP contribution in [0.3, 0.4) is 0 Å². The van der Waals surface area contributed by atoms with Gasteiger partial charge in [0, 0.05) is 5.56 Å². The first-order valence-corrected chi connectivity index (χ1v) is 8.30. The third kappa shape index (κ3) is 2.79. The van der Waals surface area contributed by atoms with E-state index in [1.54, 1.807) is 35.9 Å². The van der Waals surface area contributed by atoms with E-state index in [-0.39, 0.29) is 5.82 Å². The zero-order valence-corrected chi connectivity index (χ0v) is 14.4. The number of anilines is 1. The molecule has 27 heavy (non-hydrogen) atoms. The molecule has 3 aromatic rings. The van der Waals surface area contributed by atoms with Gasteiger partial charge in [-0.2, -0.15) is 0 Å². The Kier molecular flexibility index (Phi) is 4.40. The fourth-order valence-corrected chi connectivity index (χ4v) is 3.20. The molecule has 3 heterocycles. The Labute approximate surface area is 153 Å². The molecule has 0 saturated carbocycles. The van der Waals surface area contributed by atoms with Crippen molar-refractivity contribution >= 4 is 17.0 Å². The smallest absolute Gasteiger partial charge is 0.168 e. The van der Waals surface area contributed by atoms with Crippen LogP contribution >= 0.6 is 0 Å². The van der Waals surface area contributed by atoms with Crippen LogP contribution in [0.4, 0.5) is 5.82 Å². The lowest BCUT2D eigenvalue weighted by Gasteiger charge is -2.19. The number of hydrogen-bond acceptors (Lipinski definition) is 9. The molecule has 2 aromatic heterocycles. The van der Waals surface area contributed by atoms with Crippen LogP contribution in [0.25, 0.3) is 22.6 Å². The molecule has 1 aliphatic heterocycles. The monoisotopic (exact) mass is 373 g/mol. The number of ether oxygens (including phenoxy) is 2. The van der Waals surface area contributed by atoms with Crippen molar-refractivity contribution in [1.29, 1.82) is 0 Å². The fourth-order valence-electron chi connectivity index (χ4n) is 3.20. The maximum Gasteiger partial charge on any atom is 0.168 e. The lowest BCUT2D eigenvalue weighted by molar-refractivity contribution is -0.0503. The first kappa shape index (κ1) is 17.6. The summed E-state index contributed by atoms with van der Waals surface area (Å²) in [5.41, 5.74) is 7.33. The summed E-state index contributed by atoms with van der Waals surface area (Å²) in [4.78, 5) is 12.7. The van der Waals surface area contributed by atoms with Crippen LogP contribution in [0, 0.1) is 0 Å². The van der Waals surface area contributed by atoms with Gasteiger partial charge in [-0.25, -0.2) is 15.0 Å². The van der Waals surface area contributed by atoms with E-state index in [1.165, 1.54) is 6.33 Å². The van der Waals surface area contributed by atoms with E-state index in [0.717, 1.165) is 0 Å². The maximum absolute atomic E-state index is 10.5.